The molecule has 0 bridgehead atoms. The lowest BCUT2D eigenvalue weighted by atomic mass is 9.89. The van der Waals surface area contributed by atoms with Crippen molar-refractivity contribution in [3.05, 3.63) is 215 Å². The summed E-state index contributed by atoms with van der Waals surface area (Å²) in [6.45, 7) is 15.8. The molecular formula is C80H52N2O4. The number of fused-ring (bicyclic) bond motifs is 28. The predicted octanol–water partition coefficient (Wildman–Crippen LogP) is 23.3. The third kappa shape index (κ3) is 5.77. The monoisotopic (exact) mass is 1100 g/mol. The molecule has 86 heavy (non-hydrogen) atoms. The van der Waals surface area contributed by atoms with Crippen molar-refractivity contribution in [2.75, 3.05) is 0 Å². The quantitative estimate of drug-likeness (QED) is 0.176. The van der Waals surface area contributed by atoms with Crippen LogP contribution in [0.1, 0.15) is 53.1 Å². The third-order valence-corrected chi connectivity index (χ3v) is 19.8. The number of benzene rings is 12. The Labute approximate surface area is 490 Å². The Morgan fingerprint density at radius 1 is 0.291 bits per heavy atom. The van der Waals surface area contributed by atoms with Gasteiger partial charge < -0.3 is 26.5 Å². The highest BCUT2D eigenvalue weighted by molar-refractivity contribution is 6.34. The Kier molecular flexibility index (Phi) is 8.72. The zero-order valence-corrected chi connectivity index (χ0v) is 48.4. The molecule has 0 amide bonds. The minimum absolute atomic E-state index is 0.441. The highest BCUT2D eigenvalue weighted by atomic mass is 16.3. The second-order valence-corrected chi connectivity index (χ2v) is 25.1. The van der Waals surface area contributed by atoms with Gasteiger partial charge in [-0.2, -0.15) is 0 Å². The van der Waals surface area contributed by atoms with Crippen LogP contribution < -0.4 is 0 Å². The molecule has 6 heteroatoms. The Hall–Kier alpha value is -10.6. The van der Waals surface area contributed by atoms with Crippen molar-refractivity contribution in [1.82, 2.24) is 8.80 Å². The third-order valence-electron chi connectivity index (χ3n) is 19.8. The van der Waals surface area contributed by atoms with Crippen molar-refractivity contribution in [3.63, 3.8) is 0 Å². The standard InChI is InChI=1S/C80H52N2O4/c1-38(2)45-31-42(6)69(43(7)32-45)47-36-62-52-21-25-56-50-14-9-11-17-65(50)84-78(56)74(52)82-72(62)63(37-47)54-23-27-58-70-48(15-12-18-67(70)86-80(58)76(54)82)44-19-28-66-59(33-44)57-26-22-53-61-35-46(68-40(4)29-39(3)30-41(68)5)34-60-51-20-24-55-49-13-8-10-16-64(49)83-77(55)73(51)81(71(60)61)75(53)79(57)85-66/h8-38H,1-7H3. The fraction of sp³-hybridized carbons (Fsp3) is 0.100. The van der Waals surface area contributed by atoms with E-state index in [-0.39, 0.29) is 0 Å². The van der Waals surface area contributed by atoms with E-state index in [2.05, 4.69) is 239 Å². The Morgan fingerprint density at radius 3 is 1.16 bits per heavy atom. The largest absolute Gasteiger partial charge is 0.454 e. The van der Waals surface area contributed by atoms with Gasteiger partial charge in [0, 0.05) is 86.2 Å². The van der Waals surface area contributed by atoms with Crippen molar-refractivity contribution in [1.29, 1.82) is 0 Å². The number of aryl methyl sites for hydroxylation is 5. The van der Waals surface area contributed by atoms with Crippen LogP contribution in [0, 0.1) is 34.6 Å². The summed E-state index contributed by atoms with van der Waals surface area (Å²) < 4.78 is 33.3. The molecule has 8 heterocycles. The van der Waals surface area contributed by atoms with Crippen molar-refractivity contribution in [2.45, 2.75) is 54.4 Å². The smallest absolute Gasteiger partial charge is 0.160 e. The Bertz CT molecular complexity index is 6430. The number of aromatic nitrogens is 2. The lowest BCUT2D eigenvalue weighted by molar-refractivity contribution is 0.669. The van der Waals surface area contributed by atoms with E-state index in [1.54, 1.807) is 0 Å². The summed E-state index contributed by atoms with van der Waals surface area (Å²) in [5.74, 6) is 0.441. The van der Waals surface area contributed by atoms with Crippen LogP contribution in [0.25, 0.3) is 197 Å². The molecule has 0 aliphatic carbocycles. The van der Waals surface area contributed by atoms with Crippen molar-refractivity contribution in [3.8, 4) is 33.4 Å². The SMILES string of the molecule is Cc1cc(C)c(-c2cc3c4ccc5c6ccccc6oc5c4n4c3c(c2)c2ccc3c5cc(-c6cccc7oc8c(ccc9c%10cc(-c%11c(C)cc(C(C)C)cc%11C)cc%11c%12ccc%13c%14ccccc%14oc%13c%12n(c%11%10)c98)c67)ccc5oc3c24)c(C)c1. The van der Waals surface area contributed by atoms with Gasteiger partial charge in [-0.1, -0.05) is 123 Å². The number of rotatable bonds is 4. The van der Waals surface area contributed by atoms with Gasteiger partial charge in [0.15, 0.2) is 22.3 Å². The van der Waals surface area contributed by atoms with Crippen molar-refractivity contribution >= 4 is 164 Å². The van der Waals surface area contributed by atoms with Gasteiger partial charge >= 0.3 is 0 Å². The summed E-state index contributed by atoms with van der Waals surface area (Å²) in [5.41, 5.74) is 28.4. The second kappa shape index (κ2) is 16.0. The topological polar surface area (TPSA) is 61.4 Å². The molecule has 20 rings (SSSR count). The number of furan rings is 4. The molecular weight excluding hydrogens is 1050 g/mol. The van der Waals surface area contributed by atoms with E-state index in [4.69, 9.17) is 17.7 Å². The lowest BCUT2D eigenvalue weighted by Gasteiger charge is -2.15. The fourth-order valence-electron chi connectivity index (χ4n) is 16.4. The second-order valence-electron chi connectivity index (χ2n) is 25.1. The number of nitrogens with zero attached hydrogens (tertiary/aromatic N) is 2. The maximum Gasteiger partial charge on any atom is 0.160 e. The van der Waals surface area contributed by atoms with E-state index in [1.165, 1.54) is 88.2 Å². The van der Waals surface area contributed by atoms with Crippen molar-refractivity contribution in [2.24, 2.45) is 0 Å². The van der Waals surface area contributed by atoms with Gasteiger partial charge in [-0.05, 0) is 181 Å². The highest BCUT2D eigenvalue weighted by Gasteiger charge is 2.29. The van der Waals surface area contributed by atoms with Gasteiger partial charge in [-0.25, -0.2) is 0 Å². The average molecular weight is 1110 g/mol. The molecule has 0 saturated heterocycles. The fourth-order valence-corrected chi connectivity index (χ4v) is 16.4. The first-order chi connectivity index (χ1) is 42.0. The first-order valence-corrected chi connectivity index (χ1v) is 30.1. The summed E-state index contributed by atoms with van der Waals surface area (Å²) in [4.78, 5) is 0. The van der Waals surface area contributed by atoms with E-state index in [0.29, 0.717) is 5.92 Å². The molecule has 0 aliphatic heterocycles. The summed E-state index contributed by atoms with van der Waals surface area (Å²) in [6.07, 6.45) is 0. The lowest BCUT2D eigenvalue weighted by Crippen LogP contribution is -1.94. The minimum Gasteiger partial charge on any atom is -0.454 e. The van der Waals surface area contributed by atoms with Crippen LogP contribution in [0.5, 0.6) is 0 Å². The average Bonchev–Trinajstić information content (AvgIpc) is 1.54. The van der Waals surface area contributed by atoms with Crippen LogP contribution in [-0.4, -0.2) is 8.80 Å². The van der Waals surface area contributed by atoms with E-state index in [1.807, 2.05) is 0 Å². The van der Waals surface area contributed by atoms with Gasteiger partial charge in [0.05, 0.1) is 33.1 Å². The minimum atomic E-state index is 0.441. The normalized spacial score (nSPS) is 12.9. The molecule has 20 aromatic rings. The maximum absolute atomic E-state index is 7.30. The van der Waals surface area contributed by atoms with E-state index in [0.717, 1.165) is 142 Å². The number of hydrogen-bond donors (Lipinski definition) is 0. The van der Waals surface area contributed by atoms with E-state index >= 15 is 0 Å². The molecule has 0 spiro atoms. The van der Waals surface area contributed by atoms with Crippen LogP contribution in [0.4, 0.5) is 0 Å². The molecule has 406 valence electrons. The number of para-hydroxylation sites is 2. The zero-order chi connectivity index (χ0) is 57.0. The molecule has 0 aliphatic rings. The van der Waals surface area contributed by atoms with Crippen LogP contribution in [0.3, 0.4) is 0 Å². The molecule has 0 atom stereocenters. The van der Waals surface area contributed by atoms with Gasteiger partial charge in [0.2, 0.25) is 0 Å². The molecule has 0 saturated carbocycles. The van der Waals surface area contributed by atoms with Gasteiger partial charge in [-0.3, -0.25) is 0 Å². The van der Waals surface area contributed by atoms with E-state index in [9.17, 15) is 0 Å². The molecule has 0 unspecified atom stereocenters. The number of hydrogen-bond acceptors (Lipinski definition) is 4. The summed E-state index contributed by atoms with van der Waals surface area (Å²) in [5, 5.41) is 18.1. The zero-order valence-electron chi connectivity index (χ0n) is 48.4. The maximum atomic E-state index is 7.30. The van der Waals surface area contributed by atoms with Crippen LogP contribution in [-0.2, 0) is 0 Å². The Balaban J connectivity index is 0.838. The van der Waals surface area contributed by atoms with Gasteiger partial charge in [0.1, 0.15) is 22.3 Å². The molecule has 12 aromatic carbocycles. The summed E-state index contributed by atoms with van der Waals surface area (Å²) in [7, 11) is 0. The molecule has 8 aromatic heterocycles. The molecule has 0 fully saturated rings. The van der Waals surface area contributed by atoms with Crippen molar-refractivity contribution < 1.29 is 17.7 Å². The highest BCUT2D eigenvalue weighted by Crippen LogP contribution is 2.52. The molecule has 6 nitrogen and oxygen atoms in total. The van der Waals surface area contributed by atoms with Crippen LogP contribution >= 0.6 is 0 Å². The summed E-state index contributed by atoms with van der Waals surface area (Å²) in [6, 6.07) is 67.4. The van der Waals surface area contributed by atoms with Crippen LogP contribution in [0.15, 0.2) is 200 Å². The van der Waals surface area contributed by atoms with Gasteiger partial charge in [-0.15, -0.1) is 0 Å². The predicted molar refractivity (Wildman–Crippen MR) is 359 cm³/mol. The Morgan fingerprint density at radius 2 is 0.674 bits per heavy atom. The van der Waals surface area contributed by atoms with E-state index < -0.39 is 0 Å². The molecule has 0 N–H and O–H groups in total. The van der Waals surface area contributed by atoms with Crippen LogP contribution in [0.2, 0.25) is 0 Å². The molecule has 0 radical (unpaired) electrons. The summed E-state index contributed by atoms with van der Waals surface area (Å²) >= 11 is 0. The first kappa shape index (κ1) is 46.9. The first-order valence-electron chi connectivity index (χ1n) is 30.1. The van der Waals surface area contributed by atoms with Gasteiger partial charge in [0.25, 0.3) is 0 Å².